The molecule has 3 N–H and O–H groups in total. The Balaban J connectivity index is 1.14. The van der Waals surface area contributed by atoms with E-state index in [1.54, 1.807) is 24.3 Å². The number of carbonyl (C=O) groups is 4. The normalized spacial score (nSPS) is 35.0. The molecule has 226 valence electrons. The Morgan fingerprint density at radius 1 is 1.12 bits per heavy atom. The third-order valence-corrected chi connectivity index (χ3v) is 10.7. The first-order chi connectivity index (χ1) is 19.9. The Bertz CT molecular complexity index is 1320. The molecule has 3 saturated carbocycles. The second-order valence-corrected chi connectivity index (χ2v) is 12.9. The maximum absolute atomic E-state index is 13.4. The molecule has 0 saturated heterocycles. The number of allylic oxidation sites excluding steroid dienone is 4. The van der Waals surface area contributed by atoms with Crippen LogP contribution >= 0.6 is 0 Å². The summed E-state index contributed by atoms with van der Waals surface area (Å²) in [6.45, 7) is 3.68. The number of hydrogen-bond donors (Lipinski definition) is 3. The molecule has 0 unspecified atom stereocenters. The van der Waals surface area contributed by atoms with E-state index in [-0.39, 0.29) is 60.9 Å². The van der Waals surface area contributed by atoms with Crippen molar-refractivity contribution in [2.75, 3.05) is 13.2 Å². The lowest BCUT2D eigenvalue weighted by Gasteiger charge is -2.59. The van der Waals surface area contributed by atoms with Gasteiger partial charge in [-0.1, -0.05) is 37.6 Å². The summed E-state index contributed by atoms with van der Waals surface area (Å²) < 4.78 is 18.2. The third-order valence-electron chi connectivity index (χ3n) is 10.7. The van der Waals surface area contributed by atoms with Gasteiger partial charge in [0, 0.05) is 29.7 Å². The number of aliphatic hydroxyl groups excluding tert-OH is 1. The zero-order chi connectivity index (χ0) is 30.3. The minimum atomic E-state index is -1.74. The lowest BCUT2D eigenvalue weighted by atomic mass is 9.46. The van der Waals surface area contributed by atoms with Crippen LogP contribution in [0.25, 0.3) is 0 Å². The third kappa shape index (κ3) is 5.37. The Morgan fingerprint density at radius 2 is 1.86 bits per heavy atom. The van der Waals surface area contributed by atoms with Crippen LogP contribution in [0.4, 0.5) is 4.39 Å². The first kappa shape index (κ1) is 30.3. The molecule has 1 aromatic carbocycles. The summed E-state index contributed by atoms with van der Waals surface area (Å²) in [5.41, 5.74) is -1.15. The molecule has 4 aliphatic rings. The lowest BCUT2D eigenvalue weighted by Crippen LogP contribution is -2.61. The van der Waals surface area contributed by atoms with Crippen molar-refractivity contribution < 1.29 is 38.5 Å². The van der Waals surface area contributed by atoms with Crippen LogP contribution in [0.15, 0.2) is 48.1 Å². The molecule has 8 nitrogen and oxygen atoms in total. The standard InChI is InChI=1S/C33H40FNO7/c1-31-14-11-23(36)17-21(31)5-8-24-25-12-15-33(41,32(25,2)18-26(37)30(24)31)27(38)19-42-29(40)10-9-28(39)35-16-13-20-3-6-22(34)7-4-20/h3-4,6-7,11,14,17,24-26,30,37,41H,5,8-10,12-13,15-16,18-19H2,1-2H3,(H,35,39)/t24-,25+,26+,30+,31+,32+,33+/m1/s1. The number of amides is 1. The predicted octanol–water partition coefficient (Wildman–Crippen LogP) is 3.39. The van der Waals surface area contributed by atoms with Crippen molar-refractivity contribution in [3.63, 3.8) is 0 Å². The fraction of sp³-hybridized carbons (Fsp3) is 0.576. The van der Waals surface area contributed by atoms with Gasteiger partial charge in [0.2, 0.25) is 11.7 Å². The van der Waals surface area contributed by atoms with Crippen molar-refractivity contribution in [3.05, 3.63) is 59.4 Å². The summed E-state index contributed by atoms with van der Waals surface area (Å²) in [6, 6.07) is 5.99. The number of nitrogens with one attached hydrogen (secondary N) is 1. The molecular weight excluding hydrogens is 541 g/mol. The first-order valence-corrected chi connectivity index (χ1v) is 14.9. The van der Waals surface area contributed by atoms with Crippen LogP contribution in [-0.4, -0.2) is 58.5 Å². The molecule has 1 aromatic rings. The number of carbonyl (C=O) groups excluding carboxylic acids is 4. The highest BCUT2D eigenvalue weighted by Crippen LogP contribution is 2.67. The second kappa shape index (κ2) is 11.5. The molecule has 9 heteroatoms. The van der Waals surface area contributed by atoms with E-state index in [1.807, 2.05) is 13.0 Å². The highest BCUT2D eigenvalue weighted by atomic mass is 19.1. The van der Waals surface area contributed by atoms with Gasteiger partial charge in [0.25, 0.3) is 0 Å². The Hall–Kier alpha value is -3.17. The van der Waals surface area contributed by atoms with Crippen molar-refractivity contribution in [1.29, 1.82) is 0 Å². The monoisotopic (exact) mass is 581 g/mol. The number of hydrogen-bond acceptors (Lipinski definition) is 7. The van der Waals surface area contributed by atoms with Crippen LogP contribution in [0.1, 0.15) is 64.4 Å². The number of fused-ring (bicyclic) bond motifs is 5. The summed E-state index contributed by atoms with van der Waals surface area (Å²) in [7, 11) is 0. The van der Waals surface area contributed by atoms with E-state index in [0.29, 0.717) is 19.4 Å². The Morgan fingerprint density at radius 3 is 2.60 bits per heavy atom. The fourth-order valence-electron chi connectivity index (χ4n) is 8.43. The van der Waals surface area contributed by atoms with Gasteiger partial charge in [0.05, 0.1) is 12.5 Å². The number of aliphatic hydroxyl groups is 2. The van der Waals surface area contributed by atoms with Gasteiger partial charge in [-0.05, 0) is 80.2 Å². The first-order valence-electron chi connectivity index (χ1n) is 14.9. The van der Waals surface area contributed by atoms with Crippen LogP contribution in [0.2, 0.25) is 0 Å². The average Bonchev–Trinajstić information content (AvgIpc) is 3.22. The van der Waals surface area contributed by atoms with Crippen LogP contribution in [0.5, 0.6) is 0 Å². The number of benzene rings is 1. The zero-order valence-electron chi connectivity index (χ0n) is 24.2. The molecule has 3 fully saturated rings. The number of rotatable bonds is 9. The number of ether oxygens (including phenoxy) is 1. The number of esters is 1. The van der Waals surface area contributed by atoms with Crippen molar-refractivity contribution in [3.8, 4) is 0 Å². The predicted molar refractivity (Wildman–Crippen MR) is 151 cm³/mol. The molecule has 7 atom stereocenters. The van der Waals surface area contributed by atoms with E-state index in [2.05, 4.69) is 12.2 Å². The summed E-state index contributed by atoms with van der Waals surface area (Å²) in [5, 5.41) is 26.0. The van der Waals surface area contributed by atoms with E-state index in [1.165, 1.54) is 12.1 Å². The Kier molecular flexibility index (Phi) is 8.29. The largest absolute Gasteiger partial charge is 0.458 e. The molecule has 42 heavy (non-hydrogen) atoms. The molecule has 0 bridgehead atoms. The molecule has 4 aliphatic carbocycles. The maximum Gasteiger partial charge on any atom is 0.306 e. The van der Waals surface area contributed by atoms with Gasteiger partial charge in [0.15, 0.2) is 12.4 Å². The second-order valence-electron chi connectivity index (χ2n) is 12.9. The SMILES string of the molecule is C[C@]12C=CC(=O)C=C1CC[C@H]1[C@H]2[C@@H](O)C[C@@]2(C)[C@H]1CC[C@]2(O)C(=O)COC(=O)CCC(=O)NCCc1ccc(F)cc1. The van der Waals surface area contributed by atoms with E-state index in [9.17, 15) is 33.8 Å². The maximum atomic E-state index is 13.4. The number of halogens is 1. The van der Waals surface area contributed by atoms with Gasteiger partial charge in [-0.2, -0.15) is 0 Å². The topological polar surface area (TPSA) is 130 Å². The van der Waals surface area contributed by atoms with Crippen LogP contribution < -0.4 is 5.32 Å². The van der Waals surface area contributed by atoms with Crippen LogP contribution in [-0.2, 0) is 30.3 Å². The van der Waals surface area contributed by atoms with Crippen molar-refractivity contribution in [2.45, 2.75) is 76.9 Å². The van der Waals surface area contributed by atoms with Gasteiger partial charge in [-0.25, -0.2) is 4.39 Å². The molecule has 0 aliphatic heterocycles. The summed E-state index contributed by atoms with van der Waals surface area (Å²) in [6.07, 6.45) is 7.21. The highest BCUT2D eigenvalue weighted by molar-refractivity contribution is 6.01. The molecule has 0 aromatic heterocycles. The molecular formula is C33H40FNO7. The van der Waals surface area contributed by atoms with E-state index in [4.69, 9.17) is 4.74 Å². The van der Waals surface area contributed by atoms with Crippen molar-refractivity contribution >= 4 is 23.4 Å². The van der Waals surface area contributed by atoms with Gasteiger partial charge in [0.1, 0.15) is 11.4 Å². The molecule has 1 amide bonds. The quantitative estimate of drug-likeness (QED) is 0.381. The summed E-state index contributed by atoms with van der Waals surface area (Å²) in [5.74, 6) is -2.03. The highest BCUT2D eigenvalue weighted by Gasteiger charge is 2.68. The van der Waals surface area contributed by atoms with Gasteiger partial charge >= 0.3 is 5.97 Å². The average molecular weight is 582 g/mol. The van der Waals surface area contributed by atoms with E-state index >= 15 is 0 Å². The van der Waals surface area contributed by atoms with Crippen LogP contribution in [0, 0.1) is 34.4 Å². The van der Waals surface area contributed by atoms with Crippen LogP contribution in [0.3, 0.4) is 0 Å². The molecule has 0 spiro atoms. The minimum Gasteiger partial charge on any atom is -0.458 e. The summed E-state index contributed by atoms with van der Waals surface area (Å²) in [4.78, 5) is 49.9. The smallest absolute Gasteiger partial charge is 0.306 e. The zero-order valence-corrected chi connectivity index (χ0v) is 24.2. The van der Waals surface area contributed by atoms with Gasteiger partial charge in [-0.3, -0.25) is 19.2 Å². The van der Waals surface area contributed by atoms with Gasteiger partial charge < -0.3 is 20.3 Å². The Labute approximate surface area is 245 Å². The summed E-state index contributed by atoms with van der Waals surface area (Å²) >= 11 is 0. The number of ketones is 2. The molecule has 0 radical (unpaired) electrons. The molecule has 0 heterocycles. The minimum absolute atomic E-state index is 0.00133. The number of Topliss-reactive ketones (excluding diaryl/α,β-unsaturated/α-hetero) is 1. The fourth-order valence-corrected chi connectivity index (χ4v) is 8.43. The van der Waals surface area contributed by atoms with Crippen molar-refractivity contribution in [1.82, 2.24) is 5.32 Å². The lowest BCUT2D eigenvalue weighted by molar-refractivity contribution is -0.181. The van der Waals surface area contributed by atoms with E-state index in [0.717, 1.165) is 24.0 Å². The van der Waals surface area contributed by atoms with E-state index < -0.39 is 40.9 Å². The van der Waals surface area contributed by atoms with Crippen molar-refractivity contribution in [2.24, 2.45) is 28.6 Å². The van der Waals surface area contributed by atoms with Gasteiger partial charge in [-0.15, -0.1) is 0 Å². The molecule has 5 rings (SSSR count).